The minimum atomic E-state index is -0.219. The highest BCUT2D eigenvalue weighted by atomic mass is 16.7. The molecule has 1 aromatic carbocycles. The average Bonchev–Trinajstić information content (AvgIpc) is 3.38. The van der Waals surface area contributed by atoms with Crippen LogP contribution in [0.3, 0.4) is 0 Å². The standard InChI is InChI=1S/C20H24N4O3/c1-14(16-5-6-17-18(10-16)27-13-26-17)23-20(25)22-12-15-4-7-19(21-11-15)24-8-2-3-9-24/h4-7,10-11,14H,2-3,8-9,12-13H2,1H3,(H2,22,23,25). The van der Waals surface area contributed by atoms with E-state index in [1.165, 1.54) is 12.8 Å². The van der Waals surface area contributed by atoms with Gasteiger partial charge in [-0.05, 0) is 49.1 Å². The van der Waals surface area contributed by atoms with Crippen LogP contribution in [-0.2, 0) is 6.54 Å². The van der Waals surface area contributed by atoms with E-state index in [0.29, 0.717) is 12.3 Å². The minimum absolute atomic E-state index is 0.143. The van der Waals surface area contributed by atoms with Gasteiger partial charge in [0.2, 0.25) is 6.79 Å². The largest absolute Gasteiger partial charge is 0.454 e. The summed E-state index contributed by atoms with van der Waals surface area (Å²) in [7, 11) is 0. The molecule has 2 amide bonds. The smallest absolute Gasteiger partial charge is 0.315 e. The summed E-state index contributed by atoms with van der Waals surface area (Å²) in [4.78, 5) is 19.0. The van der Waals surface area contributed by atoms with Crippen molar-refractivity contribution in [3.05, 3.63) is 47.7 Å². The highest BCUT2D eigenvalue weighted by Gasteiger charge is 2.17. The predicted octanol–water partition coefficient (Wildman–Crippen LogP) is 2.97. The van der Waals surface area contributed by atoms with Gasteiger partial charge >= 0.3 is 6.03 Å². The van der Waals surface area contributed by atoms with Crippen LogP contribution < -0.4 is 25.0 Å². The van der Waals surface area contributed by atoms with Crippen LogP contribution in [0.1, 0.15) is 36.9 Å². The number of nitrogens with one attached hydrogen (secondary N) is 2. The van der Waals surface area contributed by atoms with Crippen LogP contribution >= 0.6 is 0 Å². The van der Waals surface area contributed by atoms with Crippen molar-refractivity contribution in [3.63, 3.8) is 0 Å². The number of hydrogen-bond acceptors (Lipinski definition) is 5. The molecule has 1 fully saturated rings. The van der Waals surface area contributed by atoms with Crippen LogP contribution in [0.25, 0.3) is 0 Å². The average molecular weight is 368 g/mol. The fourth-order valence-corrected chi connectivity index (χ4v) is 3.35. The third-order valence-electron chi connectivity index (χ3n) is 4.94. The lowest BCUT2D eigenvalue weighted by Crippen LogP contribution is -2.36. The number of rotatable bonds is 5. The summed E-state index contributed by atoms with van der Waals surface area (Å²) in [5.74, 6) is 2.46. The van der Waals surface area contributed by atoms with Crippen LogP contribution in [0.2, 0.25) is 0 Å². The van der Waals surface area contributed by atoms with Crippen molar-refractivity contribution in [1.82, 2.24) is 15.6 Å². The molecule has 2 aliphatic rings. The van der Waals surface area contributed by atoms with Crippen molar-refractivity contribution in [3.8, 4) is 11.5 Å². The fourth-order valence-electron chi connectivity index (χ4n) is 3.35. The van der Waals surface area contributed by atoms with Gasteiger partial charge in [0, 0.05) is 25.8 Å². The second kappa shape index (κ2) is 7.73. The van der Waals surface area contributed by atoms with E-state index in [4.69, 9.17) is 9.47 Å². The molecular formula is C20H24N4O3. The third-order valence-corrected chi connectivity index (χ3v) is 4.94. The Balaban J connectivity index is 1.27. The molecule has 1 aromatic heterocycles. The van der Waals surface area contributed by atoms with E-state index in [1.54, 1.807) is 0 Å². The molecule has 1 atom stereocenters. The minimum Gasteiger partial charge on any atom is -0.454 e. The van der Waals surface area contributed by atoms with Crippen LogP contribution in [0.4, 0.5) is 10.6 Å². The first-order chi connectivity index (χ1) is 13.2. The Hall–Kier alpha value is -2.96. The summed E-state index contributed by atoms with van der Waals surface area (Å²) in [6.07, 6.45) is 4.29. The van der Waals surface area contributed by atoms with Crippen molar-refractivity contribution < 1.29 is 14.3 Å². The Kier molecular flexibility index (Phi) is 5.00. The molecule has 0 radical (unpaired) electrons. The summed E-state index contributed by atoms with van der Waals surface area (Å²) < 4.78 is 10.7. The maximum Gasteiger partial charge on any atom is 0.315 e. The zero-order valence-electron chi connectivity index (χ0n) is 15.4. The highest BCUT2D eigenvalue weighted by molar-refractivity contribution is 5.74. The number of hydrogen-bond donors (Lipinski definition) is 2. The van der Waals surface area contributed by atoms with Crippen molar-refractivity contribution in [1.29, 1.82) is 0 Å². The SMILES string of the molecule is CC(NC(=O)NCc1ccc(N2CCCC2)nc1)c1ccc2c(c1)OCO2. The van der Waals surface area contributed by atoms with E-state index in [-0.39, 0.29) is 18.9 Å². The molecule has 1 saturated heterocycles. The lowest BCUT2D eigenvalue weighted by molar-refractivity contribution is 0.174. The zero-order chi connectivity index (χ0) is 18.6. The molecular weight excluding hydrogens is 344 g/mol. The van der Waals surface area contributed by atoms with E-state index in [0.717, 1.165) is 35.8 Å². The summed E-state index contributed by atoms with van der Waals surface area (Å²) in [6, 6.07) is 9.37. The molecule has 0 spiro atoms. The van der Waals surface area contributed by atoms with E-state index in [1.807, 2.05) is 43.5 Å². The van der Waals surface area contributed by atoms with E-state index < -0.39 is 0 Å². The predicted molar refractivity (Wildman–Crippen MR) is 102 cm³/mol. The highest BCUT2D eigenvalue weighted by Crippen LogP contribution is 2.34. The molecule has 2 aliphatic heterocycles. The summed E-state index contributed by atoms with van der Waals surface area (Å²) in [5.41, 5.74) is 1.94. The number of ether oxygens (including phenoxy) is 2. The van der Waals surface area contributed by atoms with Crippen LogP contribution in [0.5, 0.6) is 11.5 Å². The quantitative estimate of drug-likeness (QED) is 0.849. The van der Waals surface area contributed by atoms with Gasteiger partial charge in [-0.3, -0.25) is 0 Å². The molecule has 3 heterocycles. The van der Waals surface area contributed by atoms with Crippen LogP contribution in [0, 0.1) is 0 Å². The number of pyridine rings is 1. The van der Waals surface area contributed by atoms with Crippen LogP contribution in [0.15, 0.2) is 36.5 Å². The number of carbonyl (C=O) groups is 1. The zero-order valence-corrected chi connectivity index (χ0v) is 15.4. The number of urea groups is 1. The maximum atomic E-state index is 12.2. The Morgan fingerprint density at radius 3 is 2.78 bits per heavy atom. The topological polar surface area (TPSA) is 75.7 Å². The number of fused-ring (bicyclic) bond motifs is 1. The molecule has 0 bridgehead atoms. The number of carbonyl (C=O) groups excluding carboxylic acids is 1. The van der Waals surface area contributed by atoms with Gasteiger partial charge in [0.05, 0.1) is 6.04 Å². The van der Waals surface area contributed by atoms with Crippen molar-refractivity contribution >= 4 is 11.8 Å². The first-order valence-corrected chi connectivity index (χ1v) is 9.33. The summed E-state index contributed by atoms with van der Waals surface area (Å²) in [6.45, 7) is 4.76. The van der Waals surface area contributed by atoms with Gasteiger partial charge in [0.15, 0.2) is 11.5 Å². The third kappa shape index (κ3) is 4.07. The Morgan fingerprint density at radius 2 is 2.00 bits per heavy atom. The lowest BCUT2D eigenvalue weighted by Gasteiger charge is -2.17. The first-order valence-electron chi connectivity index (χ1n) is 9.33. The molecule has 2 N–H and O–H groups in total. The van der Waals surface area contributed by atoms with Gasteiger partial charge in [0.25, 0.3) is 0 Å². The van der Waals surface area contributed by atoms with Crippen LogP contribution in [-0.4, -0.2) is 30.9 Å². The molecule has 0 saturated carbocycles. The Morgan fingerprint density at radius 1 is 1.19 bits per heavy atom. The van der Waals surface area contributed by atoms with E-state index in [2.05, 4.69) is 20.5 Å². The molecule has 7 nitrogen and oxygen atoms in total. The van der Waals surface area contributed by atoms with E-state index >= 15 is 0 Å². The molecule has 0 aliphatic carbocycles. The van der Waals surface area contributed by atoms with Gasteiger partial charge < -0.3 is 25.0 Å². The van der Waals surface area contributed by atoms with E-state index in [9.17, 15) is 4.79 Å². The Labute approximate surface area is 158 Å². The maximum absolute atomic E-state index is 12.2. The van der Waals surface area contributed by atoms with Crippen molar-refractivity contribution in [2.24, 2.45) is 0 Å². The molecule has 27 heavy (non-hydrogen) atoms. The number of benzene rings is 1. The van der Waals surface area contributed by atoms with Gasteiger partial charge in [0.1, 0.15) is 5.82 Å². The number of aromatic nitrogens is 1. The molecule has 2 aromatic rings. The second-order valence-corrected chi connectivity index (χ2v) is 6.88. The summed E-state index contributed by atoms with van der Waals surface area (Å²) >= 11 is 0. The first kappa shape index (κ1) is 17.5. The number of anilines is 1. The molecule has 7 heteroatoms. The second-order valence-electron chi connectivity index (χ2n) is 6.88. The van der Waals surface area contributed by atoms with Gasteiger partial charge in [-0.15, -0.1) is 0 Å². The van der Waals surface area contributed by atoms with Crippen molar-refractivity contribution in [2.75, 3.05) is 24.8 Å². The Bertz CT molecular complexity index is 803. The molecule has 1 unspecified atom stereocenters. The monoisotopic (exact) mass is 368 g/mol. The molecule has 4 rings (SSSR count). The summed E-state index contributed by atoms with van der Waals surface area (Å²) in [5, 5.41) is 5.82. The fraction of sp³-hybridized carbons (Fsp3) is 0.400. The van der Waals surface area contributed by atoms with Gasteiger partial charge in [-0.2, -0.15) is 0 Å². The van der Waals surface area contributed by atoms with Crippen molar-refractivity contribution in [2.45, 2.75) is 32.4 Å². The number of amides is 2. The lowest BCUT2D eigenvalue weighted by atomic mass is 10.1. The number of nitrogens with zero attached hydrogens (tertiary/aromatic N) is 2. The molecule has 142 valence electrons. The van der Waals surface area contributed by atoms with Gasteiger partial charge in [-0.1, -0.05) is 12.1 Å². The normalized spacial score (nSPS) is 16.3. The van der Waals surface area contributed by atoms with Gasteiger partial charge in [-0.25, -0.2) is 9.78 Å².